The summed E-state index contributed by atoms with van der Waals surface area (Å²) in [7, 11) is 5.83. The highest BCUT2D eigenvalue weighted by Gasteiger charge is 2.15. The number of hydrogen-bond donors (Lipinski definition) is 1. The molecule has 0 saturated heterocycles. The van der Waals surface area contributed by atoms with Crippen LogP contribution >= 0.6 is 17.2 Å². The van der Waals surface area contributed by atoms with Crippen molar-refractivity contribution in [2.45, 2.75) is 13.3 Å². The van der Waals surface area contributed by atoms with Crippen LogP contribution in [0, 0.1) is 0 Å². The Bertz CT molecular complexity index is 713. The summed E-state index contributed by atoms with van der Waals surface area (Å²) in [6, 6.07) is 6.24. The highest BCUT2D eigenvalue weighted by atomic mass is 31.1. The fraction of sp³-hybridized carbons (Fsp3) is 0.500. The van der Waals surface area contributed by atoms with Gasteiger partial charge in [0.1, 0.15) is 5.69 Å². The molecule has 1 heterocycles. The van der Waals surface area contributed by atoms with E-state index in [9.17, 15) is 9.90 Å². The van der Waals surface area contributed by atoms with Gasteiger partial charge in [0.2, 0.25) is 0 Å². The van der Waals surface area contributed by atoms with E-state index in [2.05, 4.69) is 37.7 Å². The van der Waals surface area contributed by atoms with E-state index in [1.54, 1.807) is 6.07 Å². The standard InChI is InChI=1S/C18H28N2O2P2/c1-5-13-10-15(24-9-7-19(2)6-8-23-4)11-14-12-16(18(21)22)20(3)17(13)14/h10-12,23-24H,5-9H2,1-4H3,(H,21,22). The lowest BCUT2D eigenvalue weighted by atomic mass is 10.1. The van der Waals surface area contributed by atoms with E-state index in [0.717, 1.165) is 47.2 Å². The van der Waals surface area contributed by atoms with Crippen LogP contribution in [-0.4, -0.2) is 59.7 Å². The molecule has 1 aromatic carbocycles. The second-order valence-electron chi connectivity index (χ2n) is 6.15. The van der Waals surface area contributed by atoms with Crippen LogP contribution in [0.5, 0.6) is 0 Å². The van der Waals surface area contributed by atoms with E-state index in [1.165, 1.54) is 23.6 Å². The van der Waals surface area contributed by atoms with Crippen molar-refractivity contribution in [2.24, 2.45) is 7.05 Å². The molecule has 0 fully saturated rings. The van der Waals surface area contributed by atoms with Gasteiger partial charge in [-0.05, 0) is 61.5 Å². The smallest absolute Gasteiger partial charge is 0.352 e. The lowest BCUT2D eigenvalue weighted by molar-refractivity contribution is 0.0687. The Labute approximate surface area is 148 Å². The van der Waals surface area contributed by atoms with Crippen molar-refractivity contribution in [3.05, 3.63) is 29.5 Å². The van der Waals surface area contributed by atoms with Crippen LogP contribution in [0.15, 0.2) is 18.2 Å². The molecule has 24 heavy (non-hydrogen) atoms. The van der Waals surface area contributed by atoms with Crippen molar-refractivity contribution >= 4 is 39.3 Å². The number of carboxylic acid groups (broad SMARTS) is 1. The monoisotopic (exact) mass is 366 g/mol. The Hall–Kier alpha value is -0.950. The first-order valence-corrected chi connectivity index (χ1v) is 11.3. The molecule has 2 rings (SSSR count). The molecule has 0 aliphatic heterocycles. The predicted octanol–water partition coefficient (Wildman–Crippen LogP) is 2.98. The van der Waals surface area contributed by atoms with E-state index in [4.69, 9.17) is 0 Å². The van der Waals surface area contributed by atoms with E-state index in [1.807, 2.05) is 11.6 Å². The van der Waals surface area contributed by atoms with Gasteiger partial charge in [-0.3, -0.25) is 0 Å². The van der Waals surface area contributed by atoms with Crippen molar-refractivity contribution < 1.29 is 9.90 Å². The first-order valence-electron chi connectivity index (χ1n) is 8.40. The van der Waals surface area contributed by atoms with Crippen molar-refractivity contribution in [3.8, 4) is 0 Å². The molecule has 2 atom stereocenters. The van der Waals surface area contributed by atoms with Gasteiger partial charge in [0, 0.05) is 25.5 Å². The Kier molecular flexibility index (Phi) is 7.22. The Morgan fingerprint density at radius 1 is 1.25 bits per heavy atom. The van der Waals surface area contributed by atoms with E-state index in [-0.39, 0.29) is 0 Å². The van der Waals surface area contributed by atoms with Gasteiger partial charge >= 0.3 is 5.97 Å². The van der Waals surface area contributed by atoms with Gasteiger partial charge in [-0.1, -0.05) is 15.5 Å². The number of fused-ring (bicyclic) bond motifs is 1. The number of benzene rings is 1. The normalized spacial score (nSPS) is 12.5. The minimum atomic E-state index is -0.863. The second kappa shape index (κ2) is 8.94. The largest absolute Gasteiger partial charge is 0.477 e. The predicted molar refractivity (Wildman–Crippen MR) is 109 cm³/mol. The molecule has 2 unspecified atom stereocenters. The number of rotatable bonds is 9. The molecule has 4 nitrogen and oxygen atoms in total. The number of aromatic nitrogens is 1. The molecule has 2 aromatic rings. The average Bonchev–Trinajstić information content (AvgIpc) is 2.89. The fourth-order valence-electron chi connectivity index (χ4n) is 2.99. The maximum Gasteiger partial charge on any atom is 0.352 e. The molecule has 0 spiro atoms. The molecule has 132 valence electrons. The van der Waals surface area contributed by atoms with Crippen LogP contribution < -0.4 is 5.30 Å². The zero-order valence-electron chi connectivity index (χ0n) is 15.0. The lowest BCUT2D eigenvalue weighted by Crippen LogP contribution is -2.23. The summed E-state index contributed by atoms with van der Waals surface area (Å²) in [4.78, 5) is 13.8. The third-order valence-corrected chi connectivity index (χ3v) is 6.27. The molecular weight excluding hydrogens is 338 g/mol. The fourth-order valence-corrected chi connectivity index (χ4v) is 4.91. The Morgan fingerprint density at radius 2 is 1.96 bits per heavy atom. The molecule has 1 aromatic heterocycles. The van der Waals surface area contributed by atoms with E-state index < -0.39 is 5.97 Å². The molecule has 0 radical (unpaired) electrons. The number of nitrogens with zero attached hydrogens (tertiary/aromatic N) is 2. The summed E-state index contributed by atoms with van der Waals surface area (Å²) in [5.74, 6) is -0.863. The van der Waals surface area contributed by atoms with Crippen molar-refractivity contribution in [2.75, 3.05) is 39.1 Å². The number of carbonyl (C=O) groups is 1. The zero-order chi connectivity index (χ0) is 17.7. The quantitative estimate of drug-likeness (QED) is 0.694. The number of aromatic carboxylic acids is 1. The SMILES string of the molecule is CCc1cc(PCCN(C)CCPC)cc2cc(C(=O)O)n(C)c12. The maximum absolute atomic E-state index is 11.4. The van der Waals surface area contributed by atoms with Gasteiger partial charge in [-0.25, -0.2) is 4.79 Å². The molecule has 0 aliphatic rings. The van der Waals surface area contributed by atoms with Gasteiger partial charge in [-0.2, -0.15) is 0 Å². The summed E-state index contributed by atoms with van der Waals surface area (Å²) in [6.07, 6.45) is 3.37. The number of hydrogen-bond acceptors (Lipinski definition) is 2. The van der Waals surface area contributed by atoms with Crippen LogP contribution in [0.25, 0.3) is 10.9 Å². The highest BCUT2D eigenvalue weighted by Crippen LogP contribution is 2.25. The van der Waals surface area contributed by atoms with Gasteiger partial charge in [-0.15, -0.1) is 8.58 Å². The molecular formula is C18H28N2O2P2. The number of aryl methyl sites for hydroxylation is 2. The van der Waals surface area contributed by atoms with Gasteiger partial charge in [0.15, 0.2) is 0 Å². The van der Waals surface area contributed by atoms with Gasteiger partial charge in [0.25, 0.3) is 0 Å². The minimum Gasteiger partial charge on any atom is -0.477 e. The van der Waals surface area contributed by atoms with Crippen molar-refractivity contribution in [1.82, 2.24) is 9.47 Å². The first kappa shape index (κ1) is 19.4. The second-order valence-corrected chi connectivity index (χ2v) is 8.79. The van der Waals surface area contributed by atoms with E-state index in [0.29, 0.717) is 5.69 Å². The van der Waals surface area contributed by atoms with Gasteiger partial charge in [0.05, 0.1) is 5.52 Å². The van der Waals surface area contributed by atoms with Crippen LogP contribution in [0.4, 0.5) is 0 Å². The van der Waals surface area contributed by atoms with Crippen LogP contribution in [0.3, 0.4) is 0 Å². The van der Waals surface area contributed by atoms with Crippen LogP contribution in [-0.2, 0) is 13.5 Å². The molecule has 0 saturated carbocycles. The summed E-state index contributed by atoms with van der Waals surface area (Å²) in [5, 5.41) is 11.7. The Morgan fingerprint density at radius 3 is 2.58 bits per heavy atom. The van der Waals surface area contributed by atoms with Crippen LogP contribution in [0.1, 0.15) is 23.0 Å². The lowest BCUT2D eigenvalue weighted by Gasteiger charge is -2.16. The highest BCUT2D eigenvalue weighted by molar-refractivity contribution is 7.47. The van der Waals surface area contributed by atoms with Crippen molar-refractivity contribution in [1.29, 1.82) is 0 Å². The summed E-state index contributed by atoms with van der Waals surface area (Å²) >= 11 is 0. The minimum absolute atomic E-state index is 0.361. The van der Waals surface area contributed by atoms with Gasteiger partial charge < -0.3 is 14.6 Å². The molecule has 0 bridgehead atoms. The molecule has 0 aliphatic carbocycles. The third kappa shape index (κ3) is 4.57. The summed E-state index contributed by atoms with van der Waals surface area (Å²) in [6.45, 7) is 6.69. The first-order chi connectivity index (χ1) is 11.5. The maximum atomic E-state index is 11.4. The molecule has 6 heteroatoms. The summed E-state index contributed by atoms with van der Waals surface area (Å²) in [5.41, 5.74) is 2.66. The zero-order valence-corrected chi connectivity index (χ0v) is 17.0. The third-order valence-electron chi connectivity index (χ3n) is 4.37. The summed E-state index contributed by atoms with van der Waals surface area (Å²) < 4.78 is 1.81. The average molecular weight is 366 g/mol. The molecule has 1 N–H and O–H groups in total. The Balaban J connectivity index is 2.16. The topological polar surface area (TPSA) is 45.5 Å². The van der Waals surface area contributed by atoms with Crippen LogP contribution in [0.2, 0.25) is 0 Å². The number of carboxylic acids is 1. The molecule has 0 amide bonds. The van der Waals surface area contributed by atoms with E-state index >= 15 is 0 Å². The van der Waals surface area contributed by atoms with Crippen molar-refractivity contribution in [3.63, 3.8) is 0 Å².